The molecule has 0 saturated heterocycles. The molecule has 1 rings (SSSR count). The van der Waals surface area contributed by atoms with Crippen molar-refractivity contribution in [1.82, 2.24) is 0 Å². The van der Waals surface area contributed by atoms with Crippen LogP contribution in [0.3, 0.4) is 0 Å². The number of rotatable bonds is 3. The Morgan fingerprint density at radius 2 is 2.31 bits per heavy atom. The van der Waals surface area contributed by atoms with Crippen LogP contribution in [0, 0.1) is 5.82 Å². The maximum atomic E-state index is 13.3. The normalized spacial score (nSPS) is 9.69. The number of nitrogen functional groups attached to an aromatic ring is 1. The summed E-state index contributed by atoms with van der Waals surface area (Å²) >= 11 is 0. The largest absolute Gasteiger partial charge is 0.399 e. The van der Waals surface area contributed by atoms with Crippen molar-refractivity contribution in [3.8, 4) is 0 Å². The molecule has 13 heavy (non-hydrogen) atoms. The fraction of sp³-hybridized carbons (Fsp3) is 0.200. The fourth-order valence-electron chi connectivity index (χ4n) is 1.12. The van der Waals surface area contributed by atoms with Gasteiger partial charge in [0.15, 0.2) is 0 Å². The Bertz CT molecular complexity index is 310. The molecule has 2 N–H and O–H groups in total. The molecule has 0 atom stereocenters. The lowest BCUT2D eigenvalue weighted by atomic mass is 10.2. The van der Waals surface area contributed by atoms with Crippen molar-refractivity contribution in [2.24, 2.45) is 0 Å². The Morgan fingerprint density at radius 3 is 2.85 bits per heavy atom. The van der Waals surface area contributed by atoms with Crippen LogP contribution in [0.1, 0.15) is 0 Å². The Labute approximate surface area is 77.5 Å². The molecule has 0 fully saturated rings. The lowest BCUT2D eigenvalue weighted by Crippen LogP contribution is -2.17. The van der Waals surface area contributed by atoms with Gasteiger partial charge >= 0.3 is 0 Å². The molecule has 0 aliphatic rings. The highest BCUT2D eigenvalue weighted by Gasteiger charge is 2.05. The average Bonchev–Trinajstić information content (AvgIpc) is 2.04. The minimum atomic E-state index is -0.302. The number of hydrogen-bond donors (Lipinski definition) is 1. The zero-order chi connectivity index (χ0) is 9.84. The van der Waals surface area contributed by atoms with Gasteiger partial charge in [0.1, 0.15) is 5.82 Å². The van der Waals surface area contributed by atoms with Crippen LogP contribution in [0.15, 0.2) is 30.9 Å². The fourth-order valence-corrected chi connectivity index (χ4v) is 1.12. The first kappa shape index (κ1) is 9.58. The highest BCUT2D eigenvalue weighted by molar-refractivity contribution is 5.54. The van der Waals surface area contributed by atoms with Crippen LogP contribution in [0.4, 0.5) is 15.8 Å². The molecule has 0 spiro atoms. The quantitative estimate of drug-likeness (QED) is 0.569. The summed E-state index contributed by atoms with van der Waals surface area (Å²) in [5, 5.41) is 0. The van der Waals surface area contributed by atoms with Crippen LogP contribution in [-0.4, -0.2) is 13.6 Å². The molecular formula is C10H13FN2. The molecule has 3 heteroatoms. The van der Waals surface area contributed by atoms with Crippen molar-refractivity contribution in [1.29, 1.82) is 0 Å². The van der Waals surface area contributed by atoms with E-state index in [2.05, 4.69) is 6.58 Å². The van der Waals surface area contributed by atoms with E-state index in [1.807, 2.05) is 0 Å². The van der Waals surface area contributed by atoms with Gasteiger partial charge in [0.25, 0.3) is 0 Å². The predicted molar refractivity (Wildman–Crippen MR) is 54.3 cm³/mol. The summed E-state index contributed by atoms with van der Waals surface area (Å²) < 4.78 is 13.3. The van der Waals surface area contributed by atoms with Gasteiger partial charge in [-0.2, -0.15) is 0 Å². The second-order valence-corrected chi connectivity index (χ2v) is 2.88. The van der Waals surface area contributed by atoms with E-state index in [1.54, 1.807) is 30.2 Å². The van der Waals surface area contributed by atoms with Crippen LogP contribution in [0.5, 0.6) is 0 Å². The Hall–Kier alpha value is -1.51. The molecule has 0 radical (unpaired) electrons. The van der Waals surface area contributed by atoms with E-state index in [4.69, 9.17) is 5.73 Å². The van der Waals surface area contributed by atoms with Gasteiger partial charge in [0.05, 0.1) is 5.69 Å². The molecule has 0 unspecified atom stereocenters. The lowest BCUT2D eigenvalue weighted by molar-refractivity contribution is 0.625. The van der Waals surface area contributed by atoms with Gasteiger partial charge in [0.2, 0.25) is 0 Å². The predicted octanol–water partition coefficient (Wildman–Crippen LogP) is 2.03. The third-order valence-electron chi connectivity index (χ3n) is 1.79. The number of halogens is 1. The standard InChI is InChI=1S/C10H13FN2/c1-3-6-13(2)10-5-4-8(12)7-9(10)11/h3-5,7H,1,6,12H2,2H3. The molecule has 0 aliphatic carbocycles. The summed E-state index contributed by atoms with van der Waals surface area (Å²) in [5.74, 6) is -0.302. The zero-order valence-corrected chi connectivity index (χ0v) is 7.63. The molecule has 0 amide bonds. The van der Waals surface area contributed by atoms with E-state index in [0.29, 0.717) is 17.9 Å². The van der Waals surface area contributed by atoms with Crippen LogP contribution < -0.4 is 10.6 Å². The molecular weight excluding hydrogens is 167 g/mol. The number of benzene rings is 1. The number of anilines is 2. The number of hydrogen-bond acceptors (Lipinski definition) is 2. The van der Waals surface area contributed by atoms with Crippen LogP contribution >= 0.6 is 0 Å². The van der Waals surface area contributed by atoms with Crippen LogP contribution in [0.25, 0.3) is 0 Å². The van der Waals surface area contributed by atoms with Crippen molar-refractivity contribution in [3.63, 3.8) is 0 Å². The molecule has 1 aromatic rings. The van der Waals surface area contributed by atoms with Crippen molar-refractivity contribution in [3.05, 3.63) is 36.7 Å². The van der Waals surface area contributed by atoms with Gasteiger partial charge in [-0.05, 0) is 18.2 Å². The average molecular weight is 180 g/mol. The van der Waals surface area contributed by atoms with Crippen molar-refractivity contribution in [2.75, 3.05) is 24.2 Å². The van der Waals surface area contributed by atoms with Crippen LogP contribution in [0.2, 0.25) is 0 Å². The Morgan fingerprint density at radius 1 is 1.62 bits per heavy atom. The molecule has 70 valence electrons. The first-order valence-electron chi connectivity index (χ1n) is 4.02. The van der Waals surface area contributed by atoms with Gasteiger partial charge in [-0.15, -0.1) is 6.58 Å². The molecule has 2 nitrogen and oxygen atoms in total. The minimum absolute atomic E-state index is 0.302. The van der Waals surface area contributed by atoms with Gasteiger partial charge < -0.3 is 10.6 Å². The minimum Gasteiger partial charge on any atom is -0.399 e. The molecule has 0 aliphatic heterocycles. The highest BCUT2D eigenvalue weighted by Crippen LogP contribution is 2.19. The SMILES string of the molecule is C=CCN(C)c1ccc(N)cc1F. The summed E-state index contributed by atoms with van der Waals surface area (Å²) in [4.78, 5) is 1.77. The molecule has 0 heterocycles. The van der Waals surface area contributed by atoms with E-state index in [-0.39, 0.29) is 5.82 Å². The summed E-state index contributed by atoms with van der Waals surface area (Å²) in [6.07, 6.45) is 1.72. The maximum Gasteiger partial charge on any atom is 0.148 e. The van der Waals surface area contributed by atoms with E-state index in [9.17, 15) is 4.39 Å². The number of nitrogens with two attached hydrogens (primary N) is 1. The van der Waals surface area contributed by atoms with Gasteiger partial charge in [0, 0.05) is 19.3 Å². The third-order valence-corrected chi connectivity index (χ3v) is 1.79. The Kier molecular flexibility index (Phi) is 2.90. The van der Waals surface area contributed by atoms with Gasteiger partial charge in [-0.25, -0.2) is 4.39 Å². The maximum absolute atomic E-state index is 13.3. The molecule has 0 bridgehead atoms. The second-order valence-electron chi connectivity index (χ2n) is 2.88. The van der Waals surface area contributed by atoms with Crippen LogP contribution in [-0.2, 0) is 0 Å². The van der Waals surface area contributed by atoms with E-state index in [1.165, 1.54) is 6.07 Å². The summed E-state index contributed by atoms with van der Waals surface area (Å²) in [5.41, 5.74) is 6.40. The summed E-state index contributed by atoms with van der Waals surface area (Å²) in [6, 6.07) is 4.65. The molecule has 0 saturated carbocycles. The van der Waals surface area contributed by atoms with E-state index >= 15 is 0 Å². The molecule has 0 aromatic heterocycles. The third kappa shape index (κ3) is 2.21. The second kappa shape index (κ2) is 3.94. The molecule has 1 aromatic carbocycles. The smallest absolute Gasteiger partial charge is 0.148 e. The van der Waals surface area contributed by atoms with E-state index < -0.39 is 0 Å². The summed E-state index contributed by atoms with van der Waals surface area (Å²) in [6.45, 7) is 4.20. The monoisotopic (exact) mass is 180 g/mol. The summed E-state index contributed by atoms with van der Waals surface area (Å²) in [7, 11) is 1.80. The Balaban J connectivity index is 2.94. The van der Waals surface area contributed by atoms with Gasteiger partial charge in [-0.3, -0.25) is 0 Å². The van der Waals surface area contributed by atoms with Crippen molar-refractivity contribution < 1.29 is 4.39 Å². The highest BCUT2D eigenvalue weighted by atomic mass is 19.1. The number of nitrogens with zero attached hydrogens (tertiary/aromatic N) is 1. The van der Waals surface area contributed by atoms with Crippen molar-refractivity contribution >= 4 is 11.4 Å². The topological polar surface area (TPSA) is 29.3 Å². The van der Waals surface area contributed by atoms with E-state index in [0.717, 1.165) is 0 Å². The van der Waals surface area contributed by atoms with Gasteiger partial charge in [-0.1, -0.05) is 6.08 Å². The first-order chi connectivity index (χ1) is 6.15. The lowest BCUT2D eigenvalue weighted by Gasteiger charge is -2.17. The van der Waals surface area contributed by atoms with Crippen molar-refractivity contribution in [2.45, 2.75) is 0 Å². The number of likely N-dealkylation sites (N-methyl/N-ethyl adjacent to an activating group) is 1. The first-order valence-corrected chi connectivity index (χ1v) is 4.02. The zero-order valence-electron chi connectivity index (χ0n) is 7.63.